The Labute approximate surface area is 205 Å². The van der Waals surface area contributed by atoms with Crippen LogP contribution in [0.5, 0.6) is 5.75 Å². The molecule has 0 radical (unpaired) electrons. The van der Waals surface area contributed by atoms with Crippen LogP contribution in [0.2, 0.25) is 0 Å². The minimum Gasteiger partial charge on any atom is -0.489 e. The topological polar surface area (TPSA) is 88.2 Å². The summed E-state index contributed by atoms with van der Waals surface area (Å²) in [4.78, 5) is 40.3. The van der Waals surface area contributed by atoms with Crippen molar-refractivity contribution < 1.29 is 30.7 Å². The molecule has 2 aromatic carbocycles. The molecule has 5 rings (SSSR count). The van der Waals surface area contributed by atoms with Crippen LogP contribution in [-0.4, -0.2) is 53.3 Å². The fraction of sp³-hybridized carbons (Fsp3) is 0.346. The summed E-state index contributed by atoms with van der Waals surface area (Å²) in [6.07, 6.45) is 1.02. The quantitative estimate of drug-likeness (QED) is 0.706. The van der Waals surface area contributed by atoms with E-state index in [1.165, 1.54) is 17.0 Å². The van der Waals surface area contributed by atoms with Gasteiger partial charge >= 0.3 is 0 Å². The van der Waals surface area contributed by atoms with E-state index in [0.717, 1.165) is 4.90 Å². The first-order valence-corrected chi connectivity index (χ1v) is 11.0. The zero-order valence-electron chi connectivity index (χ0n) is 23.4. The maximum Gasteiger partial charge on any atom is 0.255 e. The number of ether oxygens (including phenoxy) is 2. The second kappa shape index (κ2) is 9.30. The van der Waals surface area contributed by atoms with Crippen molar-refractivity contribution in [1.82, 2.24) is 15.1 Å². The van der Waals surface area contributed by atoms with E-state index in [-0.39, 0.29) is 67.1 Å². The van der Waals surface area contributed by atoms with E-state index in [2.05, 4.69) is 11.9 Å². The van der Waals surface area contributed by atoms with E-state index in [1.807, 2.05) is 0 Å². The Balaban J connectivity index is 1.37. The molecule has 1 N–H and O–H groups in total. The molecule has 0 saturated carbocycles. The summed E-state index contributed by atoms with van der Waals surface area (Å²) in [6, 6.07) is 6.03. The number of rotatable bonds is 6. The Bertz CT molecular complexity index is 1360. The summed E-state index contributed by atoms with van der Waals surface area (Å²) in [7, 11) is 0. The van der Waals surface area contributed by atoms with Crippen molar-refractivity contribution in [1.29, 1.82) is 0 Å². The van der Waals surface area contributed by atoms with Crippen LogP contribution in [0, 0.1) is 0 Å². The fourth-order valence-electron chi connectivity index (χ4n) is 4.18. The van der Waals surface area contributed by atoms with Crippen molar-refractivity contribution in [3.8, 4) is 5.75 Å². The highest BCUT2D eigenvalue weighted by molar-refractivity contribution is 6.02. The molecule has 8 heteroatoms. The average molecular weight is 467 g/mol. The van der Waals surface area contributed by atoms with Gasteiger partial charge < -0.3 is 24.6 Å². The second-order valence-electron chi connectivity index (χ2n) is 8.26. The maximum absolute atomic E-state index is 13.1. The van der Waals surface area contributed by atoms with Gasteiger partial charge in [0.15, 0.2) is 0 Å². The van der Waals surface area contributed by atoms with Crippen molar-refractivity contribution in [2.75, 3.05) is 19.8 Å². The summed E-state index contributed by atoms with van der Waals surface area (Å²) in [5.41, 5.74) is 1.37. The Morgan fingerprint density at radius 3 is 2.79 bits per heavy atom. The lowest BCUT2D eigenvalue weighted by molar-refractivity contribution is -0.143. The number of fused-ring (bicyclic) bond motifs is 1. The first-order valence-electron chi connectivity index (χ1n) is 13.6. The lowest BCUT2D eigenvalue weighted by atomic mass is 10.0. The Morgan fingerprint density at radius 1 is 1.21 bits per heavy atom. The molecule has 34 heavy (non-hydrogen) atoms. The second-order valence-corrected chi connectivity index (χ2v) is 8.26. The van der Waals surface area contributed by atoms with E-state index in [0.29, 0.717) is 29.7 Å². The molecule has 0 aromatic heterocycles. The number of amides is 3. The van der Waals surface area contributed by atoms with Crippen LogP contribution in [0.25, 0.3) is 0 Å². The van der Waals surface area contributed by atoms with Crippen LogP contribution in [-0.2, 0) is 34.0 Å². The fourth-order valence-corrected chi connectivity index (χ4v) is 4.18. The first-order chi connectivity index (χ1) is 18.5. The van der Waals surface area contributed by atoms with Crippen molar-refractivity contribution in [3.63, 3.8) is 0 Å². The van der Waals surface area contributed by atoms with Crippen molar-refractivity contribution in [2.24, 2.45) is 0 Å². The Hall–Kier alpha value is -3.65. The lowest BCUT2D eigenvalue weighted by Gasteiger charge is -2.31. The summed E-state index contributed by atoms with van der Waals surface area (Å²) >= 11 is 0. The molecule has 2 saturated heterocycles. The number of morpholine rings is 1. The molecule has 2 fully saturated rings. The third-order valence-electron chi connectivity index (χ3n) is 5.97. The van der Waals surface area contributed by atoms with Crippen LogP contribution >= 0.6 is 0 Å². The van der Waals surface area contributed by atoms with Crippen molar-refractivity contribution in [2.45, 2.75) is 38.5 Å². The van der Waals surface area contributed by atoms with Gasteiger partial charge in [0.05, 0.1) is 20.0 Å². The molecular weight excluding hydrogens is 434 g/mol. The van der Waals surface area contributed by atoms with E-state index in [9.17, 15) is 14.4 Å². The number of allylic oxidation sites excluding steroid dienone is 1. The predicted octanol–water partition coefficient (Wildman–Crippen LogP) is 2.37. The number of nitrogens with one attached hydrogen (secondary N) is 1. The number of nitrogens with zero attached hydrogens (tertiary/aromatic N) is 2. The third-order valence-corrected chi connectivity index (χ3v) is 5.97. The molecule has 2 unspecified atom stereocenters. The number of carbonyl (C=O) groups excluding carboxylic acids is 3. The van der Waals surface area contributed by atoms with Gasteiger partial charge in [0.25, 0.3) is 5.91 Å². The van der Waals surface area contributed by atoms with Crippen LogP contribution < -0.4 is 10.1 Å². The summed E-state index contributed by atoms with van der Waals surface area (Å²) in [5.74, 6) is -0.915. The molecule has 0 aliphatic carbocycles. The third kappa shape index (κ3) is 4.41. The SMILES string of the molecule is [2H]c1cc(C([2H])Oc2cccc3c2CN(C2CCC(=C)NC2=O)C3=O)cc([2H])c1C([2H])([2H])N1CCOCC1=O. The van der Waals surface area contributed by atoms with Crippen LogP contribution in [0.4, 0.5) is 0 Å². The molecule has 3 aliphatic rings. The molecule has 3 aliphatic heterocycles. The highest BCUT2D eigenvalue weighted by atomic mass is 16.5. The molecule has 3 amide bonds. The normalized spacial score (nSPS) is 23.9. The highest BCUT2D eigenvalue weighted by Gasteiger charge is 2.39. The zero-order valence-corrected chi connectivity index (χ0v) is 18.4. The van der Waals surface area contributed by atoms with Gasteiger partial charge in [-0.1, -0.05) is 36.9 Å². The van der Waals surface area contributed by atoms with Gasteiger partial charge in [-0.3, -0.25) is 14.4 Å². The highest BCUT2D eigenvalue weighted by Crippen LogP contribution is 2.34. The minimum atomic E-state index is -2.41. The van der Waals surface area contributed by atoms with E-state index in [4.69, 9.17) is 16.3 Å². The van der Waals surface area contributed by atoms with Gasteiger partial charge in [0, 0.05) is 29.9 Å². The molecule has 2 aromatic rings. The van der Waals surface area contributed by atoms with Gasteiger partial charge in [-0.25, -0.2) is 0 Å². The molecule has 0 spiro atoms. The van der Waals surface area contributed by atoms with Gasteiger partial charge in [-0.2, -0.15) is 0 Å². The van der Waals surface area contributed by atoms with Crippen molar-refractivity contribution in [3.05, 3.63) is 76.9 Å². The summed E-state index contributed by atoms with van der Waals surface area (Å²) in [6.45, 7) is -0.0377. The average Bonchev–Trinajstić information content (AvgIpc) is 3.20. The number of piperidine rings is 1. The van der Waals surface area contributed by atoms with Gasteiger partial charge in [0.2, 0.25) is 11.8 Å². The standard InChI is InChI=1S/C26H27N3O5/c1-17-5-10-22(25(31)27-17)29-14-21-20(26(29)32)3-2-4-23(21)34-15-19-8-6-18(7-9-19)13-28-11-12-33-16-24(28)30/h2-4,6-9,22H,1,5,10-16H2,(H,27,31)/i6D,7D,13D2,15D. The smallest absolute Gasteiger partial charge is 0.255 e. The maximum atomic E-state index is 13.1. The van der Waals surface area contributed by atoms with Crippen molar-refractivity contribution >= 4 is 17.7 Å². The van der Waals surface area contributed by atoms with Gasteiger partial charge in [-0.15, -0.1) is 0 Å². The van der Waals surface area contributed by atoms with Crippen LogP contribution in [0.1, 0.15) is 46.7 Å². The Morgan fingerprint density at radius 2 is 2.03 bits per heavy atom. The van der Waals surface area contributed by atoms with E-state index >= 15 is 0 Å². The molecule has 3 heterocycles. The molecular formula is C26H27N3O5. The monoisotopic (exact) mass is 466 g/mol. The lowest BCUT2D eigenvalue weighted by Crippen LogP contribution is -2.49. The van der Waals surface area contributed by atoms with Gasteiger partial charge in [0.1, 0.15) is 25.0 Å². The number of carbonyl (C=O) groups is 3. The molecule has 8 nitrogen and oxygen atoms in total. The number of hydrogen-bond donors (Lipinski definition) is 1. The molecule has 0 bridgehead atoms. The number of hydrogen-bond acceptors (Lipinski definition) is 5. The van der Waals surface area contributed by atoms with Crippen LogP contribution in [0.15, 0.2) is 54.7 Å². The van der Waals surface area contributed by atoms with Gasteiger partial charge in [-0.05, 0) is 36.1 Å². The Kier molecular flexibility index (Phi) is 4.62. The minimum absolute atomic E-state index is 0.0111. The largest absolute Gasteiger partial charge is 0.489 e. The molecule has 176 valence electrons. The van der Waals surface area contributed by atoms with E-state index < -0.39 is 25.0 Å². The predicted molar refractivity (Wildman–Crippen MR) is 124 cm³/mol. The van der Waals surface area contributed by atoms with Crippen LogP contribution in [0.3, 0.4) is 0 Å². The first kappa shape index (κ1) is 16.9. The molecule has 2 atom stereocenters. The number of benzene rings is 2. The summed E-state index contributed by atoms with van der Waals surface area (Å²) in [5, 5.41) is 2.69. The summed E-state index contributed by atoms with van der Waals surface area (Å²) < 4.78 is 53.3. The zero-order chi connectivity index (χ0) is 28.1. The van der Waals surface area contributed by atoms with E-state index in [1.54, 1.807) is 18.2 Å².